The summed E-state index contributed by atoms with van der Waals surface area (Å²) >= 11 is 0. The number of nitrogens with one attached hydrogen (secondary N) is 1. The van der Waals surface area contributed by atoms with Gasteiger partial charge in [0.25, 0.3) is 0 Å². The van der Waals surface area contributed by atoms with Crippen molar-refractivity contribution in [3.8, 4) is 0 Å². The molecule has 1 heterocycles. The van der Waals surface area contributed by atoms with E-state index in [4.69, 9.17) is 5.73 Å². The summed E-state index contributed by atoms with van der Waals surface area (Å²) in [6.07, 6.45) is 1.86. The van der Waals surface area contributed by atoms with Crippen LogP contribution < -0.4 is 11.1 Å². The molecule has 0 radical (unpaired) electrons. The third-order valence-corrected chi connectivity index (χ3v) is 2.44. The van der Waals surface area contributed by atoms with E-state index in [0.717, 1.165) is 32.5 Å². The van der Waals surface area contributed by atoms with Gasteiger partial charge in [-0.15, -0.1) is 0 Å². The van der Waals surface area contributed by atoms with Crippen LogP contribution in [0.5, 0.6) is 0 Å². The number of carbonyl (C=O) groups is 1. The Bertz CT molecular complexity index is 172. The third kappa shape index (κ3) is 3.32. The van der Waals surface area contributed by atoms with E-state index in [0.29, 0.717) is 6.54 Å². The molecule has 0 aliphatic carbocycles. The molecule has 13 heavy (non-hydrogen) atoms. The Morgan fingerprint density at radius 1 is 1.69 bits per heavy atom. The Balaban J connectivity index is 2.16. The first-order valence-corrected chi connectivity index (χ1v) is 4.90. The Morgan fingerprint density at radius 3 is 3.00 bits per heavy atom. The van der Waals surface area contributed by atoms with Gasteiger partial charge in [0, 0.05) is 13.1 Å². The van der Waals surface area contributed by atoms with Crippen molar-refractivity contribution in [2.24, 2.45) is 11.7 Å². The monoisotopic (exact) mass is 185 g/mol. The average Bonchev–Trinajstić information content (AvgIpc) is 2.52. The molecule has 1 rings (SSSR count). The summed E-state index contributed by atoms with van der Waals surface area (Å²) in [7, 11) is 2.05. The van der Waals surface area contributed by atoms with Crippen LogP contribution in [0.1, 0.15) is 12.8 Å². The predicted octanol–water partition coefficient (Wildman–Crippen LogP) is -0.597. The lowest BCUT2D eigenvalue weighted by Crippen LogP contribution is -2.33. The summed E-state index contributed by atoms with van der Waals surface area (Å²) in [5.74, 6) is 0.389. The van der Waals surface area contributed by atoms with Crippen LogP contribution in [0.4, 0.5) is 0 Å². The van der Waals surface area contributed by atoms with E-state index < -0.39 is 0 Å². The number of nitrogens with two attached hydrogens (primary N) is 1. The van der Waals surface area contributed by atoms with Crippen molar-refractivity contribution in [2.45, 2.75) is 12.8 Å². The minimum absolute atomic E-state index is 0.192. The fourth-order valence-electron chi connectivity index (χ4n) is 1.61. The lowest BCUT2D eigenvalue weighted by molar-refractivity contribution is -0.124. The Kier molecular flexibility index (Phi) is 4.18. The average molecular weight is 185 g/mol. The lowest BCUT2D eigenvalue weighted by atomic mass is 10.1. The van der Waals surface area contributed by atoms with Crippen LogP contribution >= 0.6 is 0 Å². The Morgan fingerprint density at radius 2 is 2.46 bits per heavy atom. The molecule has 0 bridgehead atoms. The van der Waals surface area contributed by atoms with Gasteiger partial charge in [0.05, 0.1) is 5.92 Å². The van der Waals surface area contributed by atoms with Crippen LogP contribution in [0.3, 0.4) is 0 Å². The van der Waals surface area contributed by atoms with E-state index in [2.05, 4.69) is 10.2 Å². The molecule has 0 aromatic carbocycles. The quantitative estimate of drug-likeness (QED) is 0.575. The predicted molar refractivity (Wildman–Crippen MR) is 52.3 cm³/mol. The minimum atomic E-state index is 0.192. The maximum Gasteiger partial charge on any atom is 0.224 e. The molecule has 0 saturated carbocycles. The molecular weight excluding hydrogens is 166 g/mol. The van der Waals surface area contributed by atoms with Gasteiger partial charge in [-0.1, -0.05) is 0 Å². The van der Waals surface area contributed by atoms with Gasteiger partial charge in [-0.25, -0.2) is 0 Å². The summed E-state index contributed by atoms with van der Waals surface area (Å²) in [4.78, 5) is 13.7. The van der Waals surface area contributed by atoms with Crippen molar-refractivity contribution in [1.29, 1.82) is 0 Å². The van der Waals surface area contributed by atoms with Crippen molar-refractivity contribution in [2.75, 3.05) is 33.2 Å². The normalized spacial score (nSPS) is 23.4. The van der Waals surface area contributed by atoms with Crippen LogP contribution in [-0.2, 0) is 4.79 Å². The minimum Gasteiger partial charge on any atom is -0.356 e. The van der Waals surface area contributed by atoms with E-state index in [9.17, 15) is 4.79 Å². The van der Waals surface area contributed by atoms with Crippen molar-refractivity contribution in [1.82, 2.24) is 10.2 Å². The fraction of sp³-hybridized carbons (Fsp3) is 0.889. The van der Waals surface area contributed by atoms with Crippen molar-refractivity contribution < 1.29 is 4.79 Å². The molecule has 1 amide bonds. The highest BCUT2D eigenvalue weighted by atomic mass is 16.1. The zero-order valence-electron chi connectivity index (χ0n) is 8.25. The zero-order chi connectivity index (χ0) is 9.68. The lowest BCUT2D eigenvalue weighted by Gasteiger charge is -2.10. The molecule has 1 atom stereocenters. The standard InChI is InChI=1S/C9H19N3O/c1-12-6-3-8(7-12)9(13)11-5-2-4-10/h8H,2-7,10H2,1H3,(H,11,13). The first-order chi connectivity index (χ1) is 6.24. The van der Waals surface area contributed by atoms with Gasteiger partial charge < -0.3 is 16.0 Å². The van der Waals surface area contributed by atoms with Crippen molar-refractivity contribution in [3.05, 3.63) is 0 Å². The van der Waals surface area contributed by atoms with Crippen LogP contribution in [0.15, 0.2) is 0 Å². The topological polar surface area (TPSA) is 58.4 Å². The van der Waals surface area contributed by atoms with Gasteiger partial charge in [-0.3, -0.25) is 4.79 Å². The van der Waals surface area contributed by atoms with Gasteiger partial charge in [0.1, 0.15) is 0 Å². The smallest absolute Gasteiger partial charge is 0.224 e. The molecule has 4 heteroatoms. The van der Waals surface area contributed by atoms with Gasteiger partial charge in [0.2, 0.25) is 5.91 Å². The van der Waals surface area contributed by atoms with Crippen LogP contribution in [-0.4, -0.2) is 44.0 Å². The number of nitrogens with zero attached hydrogens (tertiary/aromatic N) is 1. The highest BCUT2D eigenvalue weighted by Crippen LogP contribution is 2.13. The van der Waals surface area contributed by atoms with Gasteiger partial charge in [-0.2, -0.15) is 0 Å². The molecule has 1 unspecified atom stereocenters. The molecule has 3 N–H and O–H groups in total. The molecule has 0 spiro atoms. The maximum absolute atomic E-state index is 11.5. The first-order valence-electron chi connectivity index (χ1n) is 4.90. The Labute approximate surface area is 79.5 Å². The molecule has 1 fully saturated rings. The summed E-state index contributed by atoms with van der Waals surface area (Å²) < 4.78 is 0. The highest BCUT2D eigenvalue weighted by Gasteiger charge is 2.25. The van der Waals surface area contributed by atoms with Gasteiger partial charge in [0.15, 0.2) is 0 Å². The van der Waals surface area contributed by atoms with E-state index in [-0.39, 0.29) is 11.8 Å². The van der Waals surface area contributed by atoms with E-state index >= 15 is 0 Å². The number of rotatable bonds is 4. The number of hydrogen-bond donors (Lipinski definition) is 2. The van der Waals surface area contributed by atoms with Crippen LogP contribution in [0.25, 0.3) is 0 Å². The number of carbonyl (C=O) groups excluding carboxylic acids is 1. The Hall–Kier alpha value is -0.610. The van der Waals surface area contributed by atoms with Crippen LogP contribution in [0, 0.1) is 5.92 Å². The zero-order valence-corrected chi connectivity index (χ0v) is 8.25. The van der Waals surface area contributed by atoms with Crippen molar-refractivity contribution in [3.63, 3.8) is 0 Å². The molecule has 1 aliphatic rings. The summed E-state index contributed by atoms with van der Waals surface area (Å²) in [6, 6.07) is 0. The number of likely N-dealkylation sites (tertiary alicyclic amines) is 1. The van der Waals surface area contributed by atoms with Crippen LogP contribution in [0.2, 0.25) is 0 Å². The molecule has 0 aromatic heterocycles. The van der Waals surface area contributed by atoms with E-state index in [1.54, 1.807) is 0 Å². The molecule has 76 valence electrons. The van der Waals surface area contributed by atoms with Gasteiger partial charge >= 0.3 is 0 Å². The van der Waals surface area contributed by atoms with Crippen molar-refractivity contribution >= 4 is 5.91 Å². The molecule has 4 nitrogen and oxygen atoms in total. The second-order valence-electron chi connectivity index (χ2n) is 3.68. The fourth-order valence-corrected chi connectivity index (χ4v) is 1.61. The summed E-state index contributed by atoms with van der Waals surface area (Å²) in [5, 5.41) is 2.90. The molecule has 1 aliphatic heterocycles. The second-order valence-corrected chi connectivity index (χ2v) is 3.68. The number of amides is 1. The molecular formula is C9H19N3O. The summed E-state index contributed by atoms with van der Waals surface area (Å²) in [5.41, 5.74) is 5.33. The third-order valence-electron chi connectivity index (χ3n) is 2.44. The first kappa shape index (κ1) is 10.5. The number of hydrogen-bond acceptors (Lipinski definition) is 3. The van der Waals surface area contributed by atoms with E-state index in [1.165, 1.54) is 0 Å². The largest absolute Gasteiger partial charge is 0.356 e. The van der Waals surface area contributed by atoms with Gasteiger partial charge in [-0.05, 0) is 33.0 Å². The maximum atomic E-state index is 11.5. The van der Waals surface area contributed by atoms with E-state index in [1.807, 2.05) is 7.05 Å². The second kappa shape index (κ2) is 5.19. The summed E-state index contributed by atoms with van der Waals surface area (Å²) in [6.45, 7) is 3.30. The molecule has 0 aromatic rings. The SMILES string of the molecule is CN1CCC(C(=O)NCCCN)C1. The highest BCUT2D eigenvalue weighted by molar-refractivity contribution is 5.79. The molecule has 1 saturated heterocycles.